The molecule has 1 aromatic heterocycles. The van der Waals surface area contributed by atoms with Gasteiger partial charge in [0, 0.05) is 24.0 Å². The molecule has 0 bridgehead atoms. The fourth-order valence-electron chi connectivity index (χ4n) is 2.24. The summed E-state index contributed by atoms with van der Waals surface area (Å²) in [6, 6.07) is 0. The van der Waals surface area contributed by atoms with Crippen molar-refractivity contribution in [1.29, 1.82) is 0 Å². The lowest BCUT2D eigenvalue weighted by Gasteiger charge is -2.36. The molecular formula is C10H17N3O2S2. The normalized spacial score (nSPS) is 27.7. The Balaban J connectivity index is 2.13. The van der Waals surface area contributed by atoms with Gasteiger partial charge in [-0.25, -0.2) is 13.4 Å². The molecular weight excluding hydrogens is 258 g/mol. The lowest BCUT2D eigenvalue weighted by molar-refractivity contribution is 0.141. The molecule has 2 rings (SSSR count). The van der Waals surface area contributed by atoms with Gasteiger partial charge < -0.3 is 5.73 Å². The van der Waals surface area contributed by atoms with Gasteiger partial charge in [-0.1, -0.05) is 0 Å². The number of aromatic nitrogens is 1. The van der Waals surface area contributed by atoms with E-state index in [1.54, 1.807) is 16.8 Å². The number of hydrogen-bond acceptors (Lipinski definition) is 6. The highest BCUT2D eigenvalue weighted by atomic mass is 32.2. The quantitative estimate of drug-likeness (QED) is 0.843. The van der Waals surface area contributed by atoms with Crippen LogP contribution in [0.15, 0.2) is 10.9 Å². The average Bonchev–Trinajstić information content (AvgIpc) is 2.86. The summed E-state index contributed by atoms with van der Waals surface area (Å²) in [5.41, 5.74) is 8.13. The van der Waals surface area contributed by atoms with Crippen LogP contribution >= 0.6 is 11.3 Å². The third-order valence-electron chi connectivity index (χ3n) is 3.44. The summed E-state index contributed by atoms with van der Waals surface area (Å²) in [5.74, 6) is 0.405. The third kappa shape index (κ3) is 2.67. The largest absolute Gasteiger partial charge is 0.329 e. The predicted molar refractivity (Wildman–Crippen MR) is 68.6 cm³/mol. The summed E-state index contributed by atoms with van der Waals surface area (Å²) in [6.45, 7) is 1.02. The first-order valence-electron chi connectivity index (χ1n) is 5.46. The van der Waals surface area contributed by atoms with E-state index in [-0.39, 0.29) is 11.5 Å². The van der Waals surface area contributed by atoms with Crippen LogP contribution in [0.3, 0.4) is 0 Å². The Bertz CT molecular complexity index is 472. The molecule has 0 amide bonds. The van der Waals surface area contributed by atoms with Crippen molar-refractivity contribution in [3.8, 4) is 0 Å². The molecule has 1 aliphatic rings. The number of rotatable bonds is 4. The molecule has 2 heterocycles. The molecule has 7 heteroatoms. The van der Waals surface area contributed by atoms with Crippen molar-refractivity contribution in [2.24, 2.45) is 5.73 Å². The second-order valence-corrected chi connectivity index (χ2v) is 7.51. The summed E-state index contributed by atoms with van der Waals surface area (Å²) in [7, 11) is -1.01. The van der Waals surface area contributed by atoms with Gasteiger partial charge in [-0.05, 0) is 13.5 Å². The molecule has 0 spiro atoms. The van der Waals surface area contributed by atoms with Gasteiger partial charge in [-0.2, -0.15) is 0 Å². The Morgan fingerprint density at radius 1 is 1.65 bits per heavy atom. The maximum absolute atomic E-state index is 11.6. The van der Waals surface area contributed by atoms with Crippen LogP contribution in [0.5, 0.6) is 0 Å². The molecule has 0 aromatic carbocycles. The zero-order valence-electron chi connectivity index (χ0n) is 9.80. The number of thiazole rings is 1. The maximum Gasteiger partial charge on any atom is 0.152 e. The molecule has 1 aromatic rings. The van der Waals surface area contributed by atoms with Crippen molar-refractivity contribution in [2.75, 3.05) is 25.1 Å². The molecule has 96 valence electrons. The second-order valence-electron chi connectivity index (χ2n) is 4.61. The third-order valence-corrected chi connectivity index (χ3v) is 5.88. The van der Waals surface area contributed by atoms with Crippen LogP contribution in [0.4, 0.5) is 0 Å². The van der Waals surface area contributed by atoms with Gasteiger partial charge in [-0.3, -0.25) is 4.90 Å². The molecule has 1 aliphatic heterocycles. The van der Waals surface area contributed by atoms with E-state index in [1.165, 1.54) is 0 Å². The van der Waals surface area contributed by atoms with Crippen molar-refractivity contribution in [3.05, 3.63) is 16.6 Å². The Kier molecular flexibility index (Phi) is 3.53. The standard InChI is InChI=1S/C10H17N3O2S2/c1-13(4-9-5-16-8-12-9)10(6-11)2-3-17(14,15)7-10/h5,8H,2-4,6-7,11H2,1H3. The molecule has 1 unspecified atom stereocenters. The average molecular weight is 275 g/mol. The zero-order valence-corrected chi connectivity index (χ0v) is 11.4. The fourth-order valence-corrected chi connectivity index (χ4v) is 4.93. The van der Waals surface area contributed by atoms with E-state index < -0.39 is 15.4 Å². The van der Waals surface area contributed by atoms with Crippen molar-refractivity contribution in [2.45, 2.75) is 18.5 Å². The smallest absolute Gasteiger partial charge is 0.152 e. The lowest BCUT2D eigenvalue weighted by atomic mass is 9.97. The van der Waals surface area contributed by atoms with Crippen molar-refractivity contribution in [1.82, 2.24) is 9.88 Å². The van der Waals surface area contributed by atoms with Crippen LogP contribution in [0, 0.1) is 0 Å². The number of nitrogens with zero attached hydrogens (tertiary/aromatic N) is 2. The highest BCUT2D eigenvalue weighted by molar-refractivity contribution is 7.91. The fraction of sp³-hybridized carbons (Fsp3) is 0.700. The van der Waals surface area contributed by atoms with Crippen molar-refractivity contribution >= 4 is 21.2 Å². The van der Waals surface area contributed by atoms with E-state index in [1.807, 2.05) is 17.3 Å². The minimum Gasteiger partial charge on any atom is -0.329 e. The van der Waals surface area contributed by atoms with Gasteiger partial charge in [0.2, 0.25) is 0 Å². The van der Waals surface area contributed by atoms with Crippen LogP contribution in [-0.2, 0) is 16.4 Å². The molecule has 2 N–H and O–H groups in total. The molecule has 1 saturated heterocycles. The minimum atomic E-state index is -2.93. The number of sulfone groups is 1. The van der Waals surface area contributed by atoms with E-state index in [0.717, 1.165) is 5.69 Å². The maximum atomic E-state index is 11.6. The molecule has 17 heavy (non-hydrogen) atoms. The van der Waals surface area contributed by atoms with Crippen LogP contribution in [0.2, 0.25) is 0 Å². The van der Waals surface area contributed by atoms with Crippen LogP contribution in [0.1, 0.15) is 12.1 Å². The van der Waals surface area contributed by atoms with E-state index in [4.69, 9.17) is 5.73 Å². The van der Waals surface area contributed by atoms with Gasteiger partial charge in [0.25, 0.3) is 0 Å². The van der Waals surface area contributed by atoms with Crippen molar-refractivity contribution < 1.29 is 8.42 Å². The first kappa shape index (κ1) is 12.9. The Hall–Kier alpha value is -0.500. The summed E-state index contributed by atoms with van der Waals surface area (Å²) in [6.07, 6.45) is 0.618. The van der Waals surface area contributed by atoms with Crippen LogP contribution in [0.25, 0.3) is 0 Å². The van der Waals surface area contributed by atoms with Crippen molar-refractivity contribution in [3.63, 3.8) is 0 Å². The van der Waals surface area contributed by atoms with Crippen LogP contribution < -0.4 is 5.73 Å². The zero-order chi connectivity index (χ0) is 12.5. The lowest BCUT2D eigenvalue weighted by Crippen LogP contribution is -2.52. The Morgan fingerprint density at radius 3 is 2.88 bits per heavy atom. The molecule has 0 aliphatic carbocycles. The SMILES string of the molecule is CN(Cc1cscn1)C1(CN)CCS(=O)(=O)C1. The monoisotopic (exact) mass is 275 g/mol. The topological polar surface area (TPSA) is 76.3 Å². The summed E-state index contributed by atoms with van der Waals surface area (Å²) in [5, 5.41) is 1.98. The summed E-state index contributed by atoms with van der Waals surface area (Å²) in [4.78, 5) is 6.25. The number of hydrogen-bond donors (Lipinski definition) is 1. The summed E-state index contributed by atoms with van der Waals surface area (Å²) >= 11 is 1.54. The summed E-state index contributed by atoms with van der Waals surface area (Å²) < 4.78 is 23.2. The van der Waals surface area contributed by atoms with E-state index in [9.17, 15) is 8.42 Å². The first-order chi connectivity index (χ1) is 7.97. The van der Waals surface area contributed by atoms with E-state index in [0.29, 0.717) is 19.5 Å². The van der Waals surface area contributed by atoms with Gasteiger partial charge in [-0.15, -0.1) is 11.3 Å². The Morgan fingerprint density at radius 2 is 2.41 bits per heavy atom. The molecule has 0 radical (unpaired) electrons. The van der Waals surface area contributed by atoms with Gasteiger partial charge in [0.15, 0.2) is 9.84 Å². The molecule has 1 atom stereocenters. The molecule has 5 nitrogen and oxygen atoms in total. The van der Waals surface area contributed by atoms with Gasteiger partial charge in [0.05, 0.1) is 22.7 Å². The molecule has 0 saturated carbocycles. The Labute approximate surface area is 106 Å². The highest BCUT2D eigenvalue weighted by Crippen LogP contribution is 2.29. The minimum absolute atomic E-state index is 0.164. The molecule has 1 fully saturated rings. The van der Waals surface area contributed by atoms with E-state index in [2.05, 4.69) is 4.98 Å². The van der Waals surface area contributed by atoms with E-state index >= 15 is 0 Å². The number of likely N-dealkylation sites (N-methyl/N-ethyl adjacent to an activating group) is 1. The van der Waals surface area contributed by atoms with Gasteiger partial charge in [0.1, 0.15) is 0 Å². The van der Waals surface area contributed by atoms with Crippen LogP contribution in [-0.4, -0.2) is 48.9 Å². The second kappa shape index (κ2) is 4.64. The number of nitrogens with two attached hydrogens (primary N) is 1. The van der Waals surface area contributed by atoms with Gasteiger partial charge >= 0.3 is 0 Å². The predicted octanol–water partition coefficient (Wildman–Crippen LogP) is 0.0909. The first-order valence-corrected chi connectivity index (χ1v) is 8.23. The highest BCUT2D eigenvalue weighted by Gasteiger charge is 2.44.